The van der Waals surface area contributed by atoms with Gasteiger partial charge in [-0.25, -0.2) is 13.6 Å². The summed E-state index contributed by atoms with van der Waals surface area (Å²) in [7, 11) is -3.80. The van der Waals surface area contributed by atoms with E-state index >= 15 is 0 Å². The number of ether oxygens (including phenoxy) is 1. The Labute approximate surface area is 163 Å². The van der Waals surface area contributed by atoms with Crippen molar-refractivity contribution in [1.29, 1.82) is 0 Å². The fourth-order valence-corrected chi connectivity index (χ4v) is 3.14. The SMILES string of the molecule is C#CCOc1cccc(/C=C2/C(=O)N(c3ccc(S(N)(=O)=O)cc3)N=C2C)c1. The molecular formula is C20H17N3O4S. The molecule has 2 aromatic carbocycles. The van der Waals surface area contributed by atoms with Crippen LogP contribution in [-0.4, -0.2) is 26.6 Å². The number of hydrogen-bond acceptors (Lipinski definition) is 5. The number of terminal acetylenes is 1. The minimum absolute atomic E-state index is 0.0388. The monoisotopic (exact) mass is 395 g/mol. The number of amides is 1. The van der Waals surface area contributed by atoms with Gasteiger partial charge in [0.15, 0.2) is 0 Å². The molecule has 0 saturated carbocycles. The van der Waals surface area contributed by atoms with Gasteiger partial charge in [0, 0.05) is 0 Å². The number of nitrogens with zero attached hydrogens (tertiary/aromatic N) is 2. The molecule has 2 aromatic rings. The van der Waals surface area contributed by atoms with E-state index in [9.17, 15) is 13.2 Å². The molecule has 0 atom stereocenters. The minimum atomic E-state index is -3.80. The Balaban J connectivity index is 1.87. The van der Waals surface area contributed by atoms with Crippen molar-refractivity contribution in [2.75, 3.05) is 11.6 Å². The molecule has 1 aliphatic heterocycles. The number of sulfonamides is 1. The highest BCUT2D eigenvalue weighted by Crippen LogP contribution is 2.26. The Morgan fingerprint density at radius 3 is 2.61 bits per heavy atom. The van der Waals surface area contributed by atoms with Crippen LogP contribution in [0.1, 0.15) is 12.5 Å². The zero-order chi connectivity index (χ0) is 20.3. The number of carbonyl (C=O) groups is 1. The van der Waals surface area contributed by atoms with E-state index in [1.54, 1.807) is 31.2 Å². The predicted molar refractivity (Wildman–Crippen MR) is 107 cm³/mol. The molecule has 28 heavy (non-hydrogen) atoms. The van der Waals surface area contributed by atoms with Crippen molar-refractivity contribution in [3.63, 3.8) is 0 Å². The molecule has 7 nitrogen and oxygen atoms in total. The second-order valence-electron chi connectivity index (χ2n) is 5.96. The van der Waals surface area contributed by atoms with Crippen LogP contribution in [0.15, 0.2) is 64.1 Å². The molecule has 1 heterocycles. The molecule has 0 aromatic heterocycles. The second-order valence-corrected chi connectivity index (χ2v) is 7.53. The van der Waals surface area contributed by atoms with E-state index in [-0.39, 0.29) is 17.4 Å². The van der Waals surface area contributed by atoms with E-state index < -0.39 is 10.0 Å². The maximum absolute atomic E-state index is 12.8. The highest BCUT2D eigenvalue weighted by atomic mass is 32.2. The molecule has 8 heteroatoms. The molecule has 0 unspecified atom stereocenters. The minimum Gasteiger partial charge on any atom is -0.481 e. The van der Waals surface area contributed by atoms with Crippen LogP contribution < -0.4 is 14.9 Å². The summed E-state index contributed by atoms with van der Waals surface area (Å²) < 4.78 is 28.1. The van der Waals surface area contributed by atoms with E-state index in [0.29, 0.717) is 22.7 Å². The Morgan fingerprint density at radius 2 is 1.96 bits per heavy atom. The first-order valence-corrected chi connectivity index (χ1v) is 9.75. The Kier molecular flexibility index (Phi) is 5.31. The number of rotatable bonds is 5. The van der Waals surface area contributed by atoms with Gasteiger partial charge < -0.3 is 4.74 Å². The molecule has 3 rings (SSSR count). The summed E-state index contributed by atoms with van der Waals surface area (Å²) in [5, 5.41) is 10.6. The van der Waals surface area contributed by atoms with Crippen LogP contribution in [0.2, 0.25) is 0 Å². The van der Waals surface area contributed by atoms with E-state index in [1.165, 1.54) is 29.3 Å². The van der Waals surface area contributed by atoms with Crippen molar-refractivity contribution in [2.45, 2.75) is 11.8 Å². The average molecular weight is 395 g/mol. The lowest BCUT2D eigenvalue weighted by Crippen LogP contribution is -2.21. The molecule has 2 N–H and O–H groups in total. The number of carbonyl (C=O) groups excluding carboxylic acids is 1. The van der Waals surface area contributed by atoms with Crippen LogP contribution in [0.3, 0.4) is 0 Å². The summed E-state index contributed by atoms with van der Waals surface area (Å²) in [6.07, 6.45) is 6.90. The maximum atomic E-state index is 12.8. The lowest BCUT2D eigenvalue weighted by Gasteiger charge is -2.12. The summed E-state index contributed by atoms with van der Waals surface area (Å²) in [5.74, 6) is 2.67. The highest BCUT2D eigenvalue weighted by Gasteiger charge is 2.28. The van der Waals surface area contributed by atoms with Crippen LogP contribution in [0.4, 0.5) is 5.69 Å². The van der Waals surface area contributed by atoms with Gasteiger partial charge in [-0.05, 0) is 55.0 Å². The fourth-order valence-electron chi connectivity index (χ4n) is 2.62. The first-order chi connectivity index (χ1) is 13.3. The third-order valence-electron chi connectivity index (χ3n) is 3.96. The maximum Gasteiger partial charge on any atom is 0.280 e. The third kappa shape index (κ3) is 4.11. The molecule has 1 aliphatic rings. The van der Waals surface area contributed by atoms with Crippen molar-refractivity contribution in [3.05, 3.63) is 59.7 Å². The van der Waals surface area contributed by atoms with Crippen LogP contribution in [0.25, 0.3) is 6.08 Å². The molecule has 0 aliphatic carbocycles. The third-order valence-corrected chi connectivity index (χ3v) is 4.89. The molecule has 142 valence electrons. The zero-order valence-electron chi connectivity index (χ0n) is 15.0. The molecule has 0 bridgehead atoms. The van der Waals surface area contributed by atoms with Gasteiger partial charge in [0.2, 0.25) is 10.0 Å². The molecule has 0 saturated heterocycles. The molecule has 1 amide bonds. The normalized spacial score (nSPS) is 15.5. The van der Waals surface area contributed by atoms with Crippen LogP contribution in [0, 0.1) is 12.3 Å². The Hall–Kier alpha value is -3.41. The summed E-state index contributed by atoms with van der Waals surface area (Å²) >= 11 is 0. The van der Waals surface area contributed by atoms with Crippen molar-refractivity contribution < 1.29 is 17.9 Å². The van der Waals surface area contributed by atoms with Crippen LogP contribution >= 0.6 is 0 Å². The summed E-state index contributed by atoms with van der Waals surface area (Å²) in [6.45, 7) is 1.88. The molecule has 0 spiro atoms. The topological polar surface area (TPSA) is 102 Å². The lowest BCUT2D eigenvalue weighted by atomic mass is 10.1. The largest absolute Gasteiger partial charge is 0.481 e. The van der Waals surface area contributed by atoms with Crippen LogP contribution in [0.5, 0.6) is 5.75 Å². The van der Waals surface area contributed by atoms with E-state index in [4.69, 9.17) is 16.3 Å². The average Bonchev–Trinajstić information content (AvgIpc) is 2.94. The number of anilines is 1. The van der Waals surface area contributed by atoms with E-state index in [2.05, 4.69) is 11.0 Å². The van der Waals surface area contributed by atoms with Crippen molar-refractivity contribution in [2.24, 2.45) is 10.2 Å². The van der Waals surface area contributed by atoms with Crippen molar-refractivity contribution in [3.8, 4) is 18.1 Å². The van der Waals surface area contributed by atoms with Gasteiger partial charge in [-0.1, -0.05) is 18.1 Å². The molecule has 0 fully saturated rings. The standard InChI is InChI=1S/C20H17N3O4S/c1-3-11-27-17-6-4-5-15(12-17)13-19-14(2)22-23(20(19)24)16-7-9-18(10-8-16)28(21,25)26/h1,4-10,12-13H,11H2,2H3,(H2,21,25,26)/b19-13+. The summed E-state index contributed by atoms with van der Waals surface area (Å²) in [6, 6.07) is 12.8. The number of hydrazone groups is 1. The van der Waals surface area contributed by atoms with E-state index in [0.717, 1.165) is 5.56 Å². The van der Waals surface area contributed by atoms with Crippen molar-refractivity contribution >= 4 is 33.4 Å². The van der Waals surface area contributed by atoms with Crippen LogP contribution in [-0.2, 0) is 14.8 Å². The first-order valence-electron chi connectivity index (χ1n) is 8.20. The predicted octanol–water partition coefficient (Wildman–Crippen LogP) is 2.15. The first kappa shape index (κ1) is 19.4. The highest BCUT2D eigenvalue weighted by molar-refractivity contribution is 7.89. The van der Waals surface area contributed by atoms with Gasteiger partial charge in [0.05, 0.1) is 21.9 Å². The second kappa shape index (κ2) is 7.68. The Bertz CT molecular complexity index is 1130. The van der Waals surface area contributed by atoms with E-state index in [1.807, 2.05) is 6.07 Å². The van der Waals surface area contributed by atoms with Gasteiger partial charge in [-0.2, -0.15) is 10.1 Å². The zero-order valence-corrected chi connectivity index (χ0v) is 15.8. The van der Waals surface area contributed by atoms with Gasteiger partial charge in [-0.15, -0.1) is 6.42 Å². The van der Waals surface area contributed by atoms with Gasteiger partial charge >= 0.3 is 0 Å². The lowest BCUT2D eigenvalue weighted by molar-refractivity contribution is -0.114. The van der Waals surface area contributed by atoms with Crippen molar-refractivity contribution in [1.82, 2.24) is 0 Å². The van der Waals surface area contributed by atoms with Gasteiger partial charge in [0.1, 0.15) is 12.4 Å². The number of primary sulfonamides is 1. The molecule has 0 radical (unpaired) electrons. The fraction of sp³-hybridized carbons (Fsp3) is 0.100. The summed E-state index contributed by atoms with van der Waals surface area (Å²) in [4.78, 5) is 12.8. The number of nitrogens with two attached hydrogens (primary N) is 1. The number of benzene rings is 2. The quantitative estimate of drug-likeness (QED) is 0.619. The summed E-state index contributed by atoms with van der Waals surface area (Å²) in [5.41, 5.74) is 2.16. The molecular weight excluding hydrogens is 378 g/mol. The Morgan fingerprint density at radius 1 is 1.25 bits per heavy atom. The van der Waals surface area contributed by atoms with Gasteiger partial charge in [-0.3, -0.25) is 4.79 Å². The van der Waals surface area contributed by atoms with Gasteiger partial charge in [0.25, 0.3) is 5.91 Å². The smallest absolute Gasteiger partial charge is 0.280 e. The number of hydrogen-bond donors (Lipinski definition) is 1.